The number of halogens is 1. The van der Waals surface area contributed by atoms with Crippen LogP contribution in [0.4, 0.5) is 0 Å². The zero-order valence-electron chi connectivity index (χ0n) is 9.67. The molecule has 0 aliphatic heterocycles. The predicted octanol–water partition coefficient (Wildman–Crippen LogP) is 3.37. The molecule has 2 atom stereocenters. The maximum atomic E-state index is 6.32. The number of benzene rings is 1. The van der Waals surface area contributed by atoms with Crippen molar-refractivity contribution in [2.75, 3.05) is 6.54 Å². The summed E-state index contributed by atoms with van der Waals surface area (Å²) in [7, 11) is 0. The Balaban J connectivity index is 1.81. The summed E-state index contributed by atoms with van der Waals surface area (Å²) in [6, 6.07) is 9.11. The number of hydrogen-bond donors (Lipinski definition) is 1. The molecule has 16 heavy (non-hydrogen) atoms. The van der Waals surface area contributed by atoms with Crippen molar-refractivity contribution in [1.82, 2.24) is 5.32 Å². The van der Waals surface area contributed by atoms with Gasteiger partial charge in [-0.15, -0.1) is 0 Å². The Morgan fingerprint density at radius 1 is 1.38 bits per heavy atom. The third kappa shape index (κ3) is 1.76. The van der Waals surface area contributed by atoms with Crippen LogP contribution in [0.5, 0.6) is 0 Å². The molecule has 0 bridgehead atoms. The second-order valence-corrected chi connectivity index (χ2v) is 5.80. The molecule has 0 saturated heterocycles. The third-order valence-electron chi connectivity index (χ3n) is 4.15. The smallest absolute Gasteiger partial charge is 0.0444 e. The van der Waals surface area contributed by atoms with E-state index in [0.717, 1.165) is 23.5 Å². The molecule has 2 aliphatic rings. The van der Waals surface area contributed by atoms with Crippen LogP contribution in [0.1, 0.15) is 31.7 Å². The molecule has 1 aromatic rings. The molecule has 2 aliphatic carbocycles. The van der Waals surface area contributed by atoms with E-state index >= 15 is 0 Å². The van der Waals surface area contributed by atoms with Crippen molar-refractivity contribution < 1.29 is 0 Å². The molecule has 1 N–H and O–H groups in total. The quantitative estimate of drug-likeness (QED) is 0.844. The lowest BCUT2D eigenvalue weighted by Crippen LogP contribution is -2.30. The first kappa shape index (κ1) is 10.6. The Kier molecular flexibility index (Phi) is 2.49. The minimum absolute atomic E-state index is 0.320. The lowest BCUT2D eigenvalue weighted by Gasteiger charge is -2.19. The number of nitrogens with one attached hydrogen (secondary N) is 1. The van der Waals surface area contributed by atoms with Gasteiger partial charge in [0.1, 0.15) is 0 Å². The standard InChI is InChI=1S/C14H18ClN/c1-10-8-14(10,9-16-11-6-7-11)12-4-2-3-5-13(12)15/h2-5,10-11,16H,6-9H2,1H3. The highest BCUT2D eigenvalue weighted by atomic mass is 35.5. The molecule has 0 heterocycles. The minimum Gasteiger partial charge on any atom is -0.313 e. The molecular formula is C14H18ClN. The molecule has 0 spiro atoms. The summed E-state index contributed by atoms with van der Waals surface area (Å²) in [6.45, 7) is 3.43. The van der Waals surface area contributed by atoms with Crippen molar-refractivity contribution in [1.29, 1.82) is 0 Å². The van der Waals surface area contributed by atoms with Crippen molar-refractivity contribution in [2.45, 2.75) is 37.6 Å². The van der Waals surface area contributed by atoms with Gasteiger partial charge < -0.3 is 5.32 Å². The summed E-state index contributed by atoms with van der Waals surface area (Å²) < 4.78 is 0. The van der Waals surface area contributed by atoms with Gasteiger partial charge in [0.15, 0.2) is 0 Å². The highest BCUT2D eigenvalue weighted by Crippen LogP contribution is 2.55. The molecule has 2 fully saturated rings. The van der Waals surface area contributed by atoms with Crippen LogP contribution in [0, 0.1) is 5.92 Å². The average molecular weight is 236 g/mol. The van der Waals surface area contributed by atoms with E-state index in [0.29, 0.717) is 5.41 Å². The highest BCUT2D eigenvalue weighted by Gasteiger charge is 2.53. The van der Waals surface area contributed by atoms with E-state index in [9.17, 15) is 0 Å². The van der Waals surface area contributed by atoms with Crippen LogP contribution < -0.4 is 5.32 Å². The minimum atomic E-state index is 0.320. The molecule has 3 rings (SSSR count). The highest BCUT2D eigenvalue weighted by molar-refractivity contribution is 6.31. The van der Waals surface area contributed by atoms with Gasteiger partial charge in [-0.25, -0.2) is 0 Å². The first-order valence-corrected chi connectivity index (χ1v) is 6.58. The van der Waals surface area contributed by atoms with Gasteiger partial charge in [-0.1, -0.05) is 36.7 Å². The molecule has 86 valence electrons. The van der Waals surface area contributed by atoms with Gasteiger partial charge in [-0.05, 0) is 36.8 Å². The largest absolute Gasteiger partial charge is 0.313 e. The predicted molar refractivity (Wildman–Crippen MR) is 67.9 cm³/mol. The SMILES string of the molecule is CC1CC1(CNC1CC1)c1ccccc1Cl. The van der Waals surface area contributed by atoms with Crippen LogP contribution in [0.2, 0.25) is 5.02 Å². The van der Waals surface area contributed by atoms with Gasteiger partial charge in [-0.3, -0.25) is 0 Å². The molecule has 2 unspecified atom stereocenters. The molecule has 0 aromatic heterocycles. The van der Waals surface area contributed by atoms with Gasteiger partial charge in [0, 0.05) is 23.0 Å². The summed E-state index contributed by atoms with van der Waals surface area (Å²) in [5.41, 5.74) is 1.67. The van der Waals surface area contributed by atoms with Gasteiger partial charge in [0.2, 0.25) is 0 Å². The van der Waals surface area contributed by atoms with Crippen molar-refractivity contribution in [3.63, 3.8) is 0 Å². The van der Waals surface area contributed by atoms with Crippen molar-refractivity contribution in [3.8, 4) is 0 Å². The maximum Gasteiger partial charge on any atom is 0.0444 e. The fraction of sp³-hybridized carbons (Fsp3) is 0.571. The lowest BCUT2D eigenvalue weighted by molar-refractivity contribution is 0.541. The maximum absolute atomic E-state index is 6.32. The van der Waals surface area contributed by atoms with Crippen LogP contribution >= 0.6 is 11.6 Å². The summed E-state index contributed by atoms with van der Waals surface area (Å²) >= 11 is 6.32. The molecule has 0 amide bonds. The summed E-state index contributed by atoms with van der Waals surface area (Å²) in [5, 5.41) is 4.59. The molecule has 1 aromatic carbocycles. The van der Waals surface area contributed by atoms with Crippen LogP contribution in [-0.4, -0.2) is 12.6 Å². The number of rotatable bonds is 4. The summed E-state index contributed by atoms with van der Waals surface area (Å²) in [5.74, 6) is 0.763. The van der Waals surface area contributed by atoms with Crippen molar-refractivity contribution in [2.24, 2.45) is 5.92 Å². The lowest BCUT2D eigenvalue weighted by atomic mass is 9.93. The van der Waals surface area contributed by atoms with Gasteiger partial charge in [-0.2, -0.15) is 0 Å². The van der Waals surface area contributed by atoms with E-state index in [2.05, 4.69) is 24.4 Å². The summed E-state index contributed by atoms with van der Waals surface area (Å²) in [6.07, 6.45) is 3.98. The van der Waals surface area contributed by atoms with Gasteiger partial charge in [0.25, 0.3) is 0 Å². The number of hydrogen-bond acceptors (Lipinski definition) is 1. The van der Waals surface area contributed by atoms with E-state index in [4.69, 9.17) is 11.6 Å². The van der Waals surface area contributed by atoms with E-state index in [1.165, 1.54) is 24.8 Å². The topological polar surface area (TPSA) is 12.0 Å². The van der Waals surface area contributed by atoms with Crippen LogP contribution in [0.25, 0.3) is 0 Å². The van der Waals surface area contributed by atoms with Crippen molar-refractivity contribution >= 4 is 11.6 Å². The van der Waals surface area contributed by atoms with E-state index in [1.54, 1.807) is 0 Å². The molecule has 2 saturated carbocycles. The Morgan fingerprint density at radius 3 is 2.62 bits per heavy atom. The third-order valence-corrected chi connectivity index (χ3v) is 4.48. The van der Waals surface area contributed by atoms with E-state index < -0.39 is 0 Å². The fourth-order valence-electron chi connectivity index (χ4n) is 2.68. The Hall–Kier alpha value is -0.530. The van der Waals surface area contributed by atoms with Gasteiger partial charge in [0.05, 0.1) is 0 Å². The second-order valence-electron chi connectivity index (χ2n) is 5.40. The average Bonchev–Trinajstić information content (AvgIpc) is 3.14. The fourth-order valence-corrected chi connectivity index (χ4v) is 3.01. The molecular weight excluding hydrogens is 218 g/mol. The van der Waals surface area contributed by atoms with Crippen molar-refractivity contribution in [3.05, 3.63) is 34.9 Å². The second kappa shape index (κ2) is 3.75. The van der Waals surface area contributed by atoms with E-state index in [-0.39, 0.29) is 0 Å². The van der Waals surface area contributed by atoms with Crippen LogP contribution in [-0.2, 0) is 5.41 Å². The summed E-state index contributed by atoms with van der Waals surface area (Å²) in [4.78, 5) is 0. The first-order chi connectivity index (χ1) is 7.72. The zero-order chi connectivity index (χ0) is 11.2. The Morgan fingerprint density at radius 2 is 2.06 bits per heavy atom. The van der Waals surface area contributed by atoms with Gasteiger partial charge >= 0.3 is 0 Å². The first-order valence-electron chi connectivity index (χ1n) is 6.21. The molecule has 1 nitrogen and oxygen atoms in total. The van der Waals surface area contributed by atoms with E-state index in [1.807, 2.05) is 12.1 Å². The monoisotopic (exact) mass is 235 g/mol. The molecule has 2 heteroatoms. The molecule has 0 radical (unpaired) electrons. The van der Waals surface area contributed by atoms with Crippen LogP contribution in [0.3, 0.4) is 0 Å². The van der Waals surface area contributed by atoms with Crippen LogP contribution in [0.15, 0.2) is 24.3 Å². The zero-order valence-corrected chi connectivity index (χ0v) is 10.4. The normalized spacial score (nSPS) is 32.8. The Bertz CT molecular complexity index is 399. The Labute approximate surface area is 102 Å².